The number of rotatable bonds is 1. The number of fused-ring (bicyclic) bond motifs is 1. The Bertz CT molecular complexity index is 452. The summed E-state index contributed by atoms with van der Waals surface area (Å²) in [6, 6.07) is 5.81. The Morgan fingerprint density at radius 3 is 2.82 bits per heavy atom. The van der Waals surface area contributed by atoms with Gasteiger partial charge in [0.2, 0.25) is 0 Å². The van der Waals surface area contributed by atoms with Crippen LogP contribution in [0.2, 0.25) is 0 Å². The molecule has 0 radical (unpaired) electrons. The molecule has 0 fully saturated rings. The average Bonchev–Trinajstić information content (AvgIpc) is 2.26. The zero-order valence-corrected chi connectivity index (χ0v) is 10.8. The van der Waals surface area contributed by atoms with Gasteiger partial charge in [-0.05, 0) is 37.8 Å². The second-order valence-corrected chi connectivity index (χ2v) is 5.38. The monoisotopic (exact) mass is 233 g/mol. The number of hydrogen-bond acceptors (Lipinski definition) is 3. The van der Waals surface area contributed by atoms with E-state index in [1.165, 1.54) is 12.7 Å². The van der Waals surface area contributed by atoms with Gasteiger partial charge < -0.3 is 10.1 Å². The highest BCUT2D eigenvalue weighted by Crippen LogP contribution is 2.40. The normalized spacial score (nSPS) is 21.3. The number of anilines is 1. The van der Waals surface area contributed by atoms with Gasteiger partial charge in [-0.3, -0.25) is 0 Å². The highest BCUT2D eigenvalue weighted by molar-refractivity contribution is 5.97. The summed E-state index contributed by atoms with van der Waals surface area (Å²) >= 11 is 0. The molecule has 1 aromatic rings. The van der Waals surface area contributed by atoms with Gasteiger partial charge in [-0.25, -0.2) is 4.79 Å². The Labute approximate surface area is 102 Å². The molecule has 0 aromatic heterocycles. The Hall–Kier alpha value is -1.51. The van der Waals surface area contributed by atoms with Gasteiger partial charge in [0.15, 0.2) is 0 Å². The first-order chi connectivity index (χ1) is 7.94. The van der Waals surface area contributed by atoms with Crippen LogP contribution >= 0.6 is 0 Å². The highest BCUT2D eigenvalue weighted by Gasteiger charge is 2.31. The van der Waals surface area contributed by atoms with Crippen LogP contribution in [0.5, 0.6) is 0 Å². The summed E-state index contributed by atoms with van der Waals surface area (Å²) in [5, 5.41) is 3.45. The fourth-order valence-corrected chi connectivity index (χ4v) is 2.67. The predicted molar refractivity (Wildman–Crippen MR) is 68.5 cm³/mol. The number of esters is 1. The summed E-state index contributed by atoms with van der Waals surface area (Å²) in [5.41, 5.74) is 2.77. The Kier molecular flexibility index (Phi) is 2.86. The summed E-state index contributed by atoms with van der Waals surface area (Å²) in [6.45, 7) is 6.50. The first-order valence-corrected chi connectivity index (χ1v) is 5.94. The SMILES string of the molecule is COC(=O)c1cccc2c1NC(C)(C)C[C@@H]2C. The fourth-order valence-electron chi connectivity index (χ4n) is 2.67. The zero-order valence-electron chi connectivity index (χ0n) is 10.8. The van der Waals surface area contributed by atoms with E-state index in [2.05, 4.69) is 32.2 Å². The van der Waals surface area contributed by atoms with Crippen LogP contribution in [-0.2, 0) is 4.74 Å². The van der Waals surface area contributed by atoms with E-state index in [1.54, 1.807) is 0 Å². The molecule has 1 aromatic carbocycles. The van der Waals surface area contributed by atoms with Crippen molar-refractivity contribution < 1.29 is 9.53 Å². The van der Waals surface area contributed by atoms with Gasteiger partial charge in [0.1, 0.15) is 0 Å². The Balaban J connectivity index is 2.53. The second kappa shape index (κ2) is 4.06. The average molecular weight is 233 g/mol. The van der Waals surface area contributed by atoms with Crippen LogP contribution in [0, 0.1) is 0 Å². The van der Waals surface area contributed by atoms with Crippen LogP contribution in [-0.4, -0.2) is 18.6 Å². The van der Waals surface area contributed by atoms with Crippen LogP contribution < -0.4 is 5.32 Å². The van der Waals surface area contributed by atoms with E-state index in [4.69, 9.17) is 4.74 Å². The molecule has 3 heteroatoms. The molecule has 0 saturated carbocycles. The first kappa shape index (κ1) is 12.0. The summed E-state index contributed by atoms with van der Waals surface area (Å²) in [5.74, 6) is 0.171. The third-order valence-electron chi connectivity index (χ3n) is 3.31. The molecule has 17 heavy (non-hydrogen) atoms. The lowest BCUT2D eigenvalue weighted by molar-refractivity contribution is 0.0601. The van der Waals surface area contributed by atoms with Crippen molar-refractivity contribution in [3.63, 3.8) is 0 Å². The number of benzene rings is 1. The van der Waals surface area contributed by atoms with Crippen molar-refractivity contribution in [3.8, 4) is 0 Å². The van der Waals surface area contributed by atoms with Crippen LogP contribution in [0.25, 0.3) is 0 Å². The van der Waals surface area contributed by atoms with Crippen molar-refractivity contribution in [2.75, 3.05) is 12.4 Å². The molecule has 0 aliphatic carbocycles. The van der Waals surface area contributed by atoms with Crippen molar-refractivity contribution in [1.82, 2.24) is 0 Å². The minimum absolute atomic E-state index is 0.0105. The van der Waals surface area contributed by atoms with E-state index in [1.807, 2.05) is 12.1 Å². The van der Waals surface area contributed by atoms with E-state index in [0.717, 1.165) is 12.1 Å². The molecule has 1 atom stereocenters. The predicted octanol–water partition coefficient (Wildman–Crippen LogP) is 3.17. The third kappa shape index (κ3) is 2.14. The number of hydrogen-bond donors (Lipinski definition) is 1. The van der Waals surface area contributed by atoms with Gasteiger partial charge in [-0.15, -0.1) is 0 Å². The lowest BCUT2D eigenvalue weighted by Gasteiger charge is -2.38. The molecule has 0 spiro atoms. The smallest absolute Gasteiger partial charge is 0.339 e. The van der Waals surface area contributed by atoms with E-state index in [0.29, 0.717) is 11.5 Å². The van der Waals surface area contributed by atoms with E-state index in [9.17, 15) is 4.79 Å². The lowest BCUT2D eigenvalue weighted by Crippen LogP contribution is -2.37. The van der Waals surface area contributed by atoms with Crippen LogP contribution in [0.3, 0.4) is 0 Å². The zero-order chi connectivity index (χ0) is 12.6. The van der Waals surface area contributed by atoms with E-state index < -0.39 is 0 Å². The van der Waals surface area contributed by atoms with Gasteiger partial charge in [0.05, 0.1) is 18.4 Å². The van der Waals surface area contributed by atoms with Crippen molar-refractivity contribution >= 4 is 11.7 Å². The Morgan fingerprint density at radius 1 is 1.47 bits per heavy atom. The number of carbonyl (C=O) groups is 1. The largest absolute Gasteiger partial charge is 0.465 e. The van der Waals surface area contributed by atoms with Crippen LogP contribution in [0.15, 0.2) is 18.2 Å². The minimum atomic E-state index is -0.278. The standard InChI is InChI=1S/C14H19NO2/c1-9-8-14(2,3)15-12-10(9)6-5-7-11(12)13(16)17-4/h5-7,9,15H,8H2,1-4H3/t9-/m0/s1. The quantitative estimate of drug-likeness (QED) is 0.757. The van der Waals surface area contributed by atoms with Gasteiger partial charge in [-0.1, -0.05) is 19.1 Å². The summed E-state index contributed by atoms with van der Waals surface area (Å²) < 4.78 is 4.83. The molecule has 92 valence electrons. The maximum Gasteiger partial charge on any atom is 0.339 e. The summed E-state index contributed by atoms with van der Waals surface area (Å²) in [6.07, 6.45) is 1.06. The Morgan fingerprint density at radius 2 is 2.18 bits per heavy atom. The molecule has 1 aliphatic rings. The molecular formula is C14H19NO2. The minimum Gasteiger partial charge on any atom is -0.465 e. The van der Waals surface area contributed by atoms with Gasteiger partial charge in [0, 0.05) is 5.54 Å². The van der Waals surface area contributed by atoms with Crippen molar-refractivity contribution in [2.45, 2.75) is 38.6 Å². The molecule has 0 unspecified atom stereocenters. The molecule has 1 heterocycles. The molecular weight excluding hydrogens is 214 g/mol. The number of carbonyl (C=O) groups excluding carboxylic acids is 1. The van der Waals surface area contributed by atoms with Crippen molar-refractivity contribution in [1.29, 1.82) is 0 Å². The molecule has 1 aliphatic heterocycles. The molecule has 1 N–H and O–H groups in total. The molecule has 0 amide bonds. The molecule has 0 bridgehead atoms. The maximum atomic E-state index is 11.7. The summed E-state index contributed by atoms with van der Waals surface area (Å²) in [4.78, 5) is 11.7. The summed E-state index contributed by atoms with van der Waals surface area (Å²) in [7, 11) is 1.42. The van der Waals surface area contributed by atoms with Crippen LogP contribution in [0.1, 0.15) is 49.0 Å². The molecule has 2 rings (SSSR count). The topological polar surface area (TPSA) is 38.3 Å². The third-order valence-corrected chi connectivity index (χ3v) is 3.31. The van der Waals surface area contributed by atoms with E-state index in [-0.39, 0.29) is 11.5 Å². The van der Waals surface area contributed by atoms with Crippen molar-refractivity contribution in [3.05, 3.63) is 29.3 Å². The number of nitrogens with one attached hydrogen (secondary N) is 1. The van der Waals surface area contributed by atoms with Gasteiger partial charge >= 0.3 is 5.97 Å². The maximum absolute atomic E-state index is 11.7. The van der Waals surface area contributed by atoms with Crippen LogP contribution in [0.4, 0.5) is 5.69 Å². The second-order valence-electron chi connectivity index (χ2n) is 5.38. The molecule has 3 nitrogen and oxygen atoms in total. The van der Waals surface area contributed by atoms with Crippen molar-refractivity contribution in [2.24, 2.45) is 0 Å². The lowest BCUT2D eigenvalue weighted by atomic mass is 9.81. The number of ether oxygens (including phenoxy) is 1. The number of methoxy groups -OCH3 is 1. The highest BCUT2D eigenvalue weighted by atomic mass is 16.5. The first-order valence-electron chi connectivity index (χ1n) is 5.94. The number of para-hydroxylation sites is 1. The van der Waals surface area contributed by atoms with Gasteiger partial charge in [0.25, 0.3) is 0 Å². The fraction of sp³-hybridized carbons (Fsp3) is 0.500. The van der Waals surface area contributed by atoms with E-state index >= 15 is 0 Å². The van der Waals surface area contributed by atoms with Gasteiger partial charge in [-0.2, -0.15) is 0 Å². The molecule has 0 saturated heterocycles.